The van der Waals surface area contributed by atoms with Gasteiger partial charge in [-0.1, -0.05) is 17.8 Å². The number of nitrogens with zero attached hydrogens (tertiary/aromatic N) is 4. The van der Waals surface area contributed by atoms with Crippen molar-refractivity contribution >= 4 is 29.0 Å². The van der Waals surface area contributed by atoms with Crippen molar-refractivity contribution < 1.29 is 14.1 Å². The minimum absolute atomic E-state index is 0.0599. The Bertz CT molecular complexity index is 1080. The molecule has 0 fully saturated rings. The number of fused-ring (bicyclic) bond motifs is 1. The summed E-state index contributed by atoms with van der Waals surface area (Å²) in [6.45, 7) is 0.429. The van der Waals surface area contributed by atoms with Crippen molar-refractivity contribution in [1.82, 2.24) is 9.55 Å². The van der Waals surface area contributed by atoms with E-state index in [1.54, 1.807) is 22.8 Å². The van der Waals surface area contributed by atoms with E-state index in [1.807, 2.05) is 6.26 Å². The molecule has 1 aliphatic rings. The summed E-state index contributed by atoms with van der Waals surface area (Å²) >= 11 is 1.37. The van der Waals surface area contributed by atoms with E-state index in [2.05, 4.69) is 4.98 Å². The highest BCUT2D eigenvalue weighted by molar-refractivity contribution is 7.98. The monoisotopic (exact) mass is 398 g/mol. The molecule has 7 nitrogen and oxygen atoms in total. The van der Waals surface area contributed by atoms with Crippen molar-refractivity contribution in [1.29, 1.82) is 0 Å². The third kappa shape index (κ3) is 3.03. The third-order valence-corrected chi connectivity index (χ3v) is 5.29. The van der Waals surface area contributed by atoms with Crippen molar-refractivity contribution in [3.05, 3.63) is 75.9 Å². The van der Waals surface area contributed by atoms with E-state index in [1.165, 1.54) is 47.1 Å². The molecule has 1 amide bonds. The van der Waals surface area contributed by atoms with Crippen LogP contribution in [0, 0.1) is 15.9 Å². The van der Waals surface area contributed by atoms with Gasteiger partial charge in [0, 0.05) is 24.4 Å². The number of hydrogen-bond acceptors (Lipinski definition) is 5. The standard InChI is InChI=1S/C19H15FN4O3S/c1-28-19-21-11-17(23(19)14-6-3-13(20)4-7-14)18(25)22-9-8-12-2-5-15(24(26)27)10-16(12)22/h2-7,10-11H,8-9H2,1H3. The van der Waals surface area contributed by atoms with Crippen LogP contribution in [0.3, 0.4) is 0 Å². The lowest BCUT2D eigenvalue weighted by Crippen LogP contribution is -2.30. The lowest BCUT2D eigenvalue weighted by molar-refractivity contribution is -0.384. The molecule has 0 spiro atoms. The number of nitro groups is 1. The highest BCUT2D eigenvalue weighted by Crippen LogP contribution is 2.33. The number of amides is 1. The van der Waals surface area contributed by atoms with Crippen LogP contribution in [0.25, 0.3) is 5.69 Å². The Morgan fingerprint density at radius 1 is 1.25 bits per heavy atom. The van der Waals surface area contributed by atoms with Crippen LogP contribution in [0.1, 0.15) is 16.1 Å². The molecule has 0 bridgehead atoms. The van der Waals surface area contributed by atoms with Crippen LogP contribution in [0.4, 0.5) is 15.8 Å². The number of thioether (sulfide) groups is 1. The van der Waals surface area contributed by atoms with Crippen LogP contribution < -0.4 is 4.90 Å². The van der Waals surface area contributed by atoms with E-state index in [0.717, 1.165) is 5.56 Å². The molecule has 1 aliphatic heterocycles. The second-order valence-corrected chi connectivity index (χ2v) is 6.99. The molecule has 2 aromatic carbocycles. The SMILES string of the molecule is CSc1ncc(C(=O)N2CCc3ccc([N+](=O)[O-])cc32)n1-c1ccc(F)cc1. The number of hydrogen-bond donors (Lipinski definition) is 0. The number of imidazole rings is 1. The van der Waals surface area contributed by atoms with Crippen LogP contribution in [0.5, 0.6) is 0 Å². The summed E-state index contributed by atoms with van der Waals surface area (Å²) in [6.07, 6.45) is 3.94. The molecule has 0 radical (unpaired) electrons. The number of anilines is 1. The molecule has 142 valence electrons. The number of non-ortho nitro benzene ring substituents is 1. The smallest absolute Gasteiger partial charge is 0.276 e. The van der Waals surface area contributed by atoms with Crippen LogP contribution in [-0.2, 0) is 6.42 Å². The lowest BCUT2D eigenvalue weighted by atomic mass is 10.1. The van der Waals surface area contributed by atoms with Crippen LogP contribution in [0.2, 0.25) is 0 Å². The van der Waals surface area contributed by atoms with Crippen molar-refractivity contribution in [3.8, 4) is 5.69 Å². The summed E-state index contributed by atoms with van der Waals surface area (Å²) in [5.41, 5.74) is 2.30. The Hall–Kier alpha value is -3.20. The first-order valence-electron chi connectivity index (χ1n) is 8.46. The van der Waals surface area contributed by atoms with E-state index < -0.39 is 4.92 Å². The number of carbonyl (C=O) groups excluding carboxylic acids is 1. The molecule has 28 heavy (non-hydrogen) atoms. The quantitative estimate of drug-likeness (QED) is 0.379. The molecule has 0 aliphatic carbocycles. The van der Waals surface area contributed by atoms with E-state index in [0.29, 0.717) is 35.2 Å². The first-order valence-corrected chi connectivity index (χ1v) is 9.69. The zero-order chi connectivity index (χ0) is 19.8. The predicted molar refractivity (Wildman–Crippen MR) is 104 cm³/mol. The maximum atomic E-state index is 13.3. The second kappa shape index (κ2) is 7.08. The molecule has 2 heterocycles. The van der Waals surface area contributed by atoms with Crippen molar-refractivity contribution in [2.45, 2.75) is 11.6 Å². The van der Waals surface area contributed by atoms with Gasteiger partial charge in [0.1, 0.15) is 11.5 Å². The number of benzene rings is 2. The zero-order valence-electron chi connectivity index (χ0n) is 14.8. The first-order chi connectivity index (χ1) is 13.5. The molecular formula is C19H15FN4O3S. The molecule has 0 unspecified atom stereocenters. The van der Waals surface area contributed by atoms with Gasteiger partial charge in [-0.2, -0.15) is 0 Å². The molecule has 4 rings (SSSR count). The fraction of sp³-hybridized carbons (Fsp3) is 0.158. The molecule has 0 saturated carbocycles. The Morgan fingerprint density at radius 2 is 2.00 bits per heavy atom. The summed E-state index contributed by atoms with van der Waals surface area (Å²) in [5.74, 6) is -0.681. The second-order valence-electron chi connectivity index (χ2n) is 6.22. The topological polar surface area (TPSA) is 81.3 Å². The van der Waals surface area contributed by atoms with Gasteiger partial charge in [-0.15, -0.1) is 0 Å². The molecule has 1 aromatic heterocycles. The number of halogens is 1. The average molecular weight is 398 g/mol. The molecule has 0 saturated heterocycles. The maximum Gasteiger partial charge on any atom is 0.276 e. The summed E-state index contributed by atoms with van der Waals surface area (Å²) < 4.78 is 15.0. The van der Waals surface area contributed by atoms with Crippen molar-refractivity contribution in [3.63, 3.8) is 0 Å². The maximum absolute atomic E-state index is 13.3. The van der Waals surface area contributed by atoms with Gasteiger partial charge in [0.25, 0.3) is 11.6 Å². The summed E-state index contributed by atoms with van der Waals surface area (Å²) in [4.78, 5) is 29.8. The van der Waals surface area contributed by atoms with Gasteiger partial charge in [0.05, 0.1) is 16.8 Å². The normalized spacial score (nSPS) is 12.9. The van der Waals surface area contributed by atoms with Crippen LogP contribution >= 0.6 is 11.8 Å². The first kappa shape index (κ1) is 18.2. The highest BCUT2D eigenvalue weighted by atomic mass is 32.2. The molecular weight excluding hydrogens is 383 g/mol. The van der Waals surface area contributed by atoms with Crippen molar-refractivity contribution in [2.75, 3.05) is 17.7 Å². The Labute approximate surface area is 164 Å². The van der Waals surface area contributed by atoms with E-state index in [4.69, 9.17) is 0 Å². The highest BCUT2D eigenvalue weighted by Gasteiger charge is 2.30. The molecule has 3 aromatic rings. The fourth-order valence-corrected chi connectivity index (χ4v) is 3.84. The van der Waals surface area contributed by atoms with Gasteiger partial charge in [-0.05, 0) is 42.5 Å². The molecule has 9 heteroatoms. The predicted octanol–water partition coefficient (Wildman–Crippen LogP) is 3.84. The minimum Gasteiger partial charge on any atom is -0.306 e. The Balaban J connectivity index is 1.77. The molecule has 0 atom stereocenters. The average Bonchev–Trinajstić information content (AvgIpc) is 3.31. The van der Waals surface area contributed by atoms with Crippen LogP contribution in [-0.4, -0.2) is 33.2 Å². The summed E-state index contributed by atoms with van der Waals surface area (Å²) in [7, 11) is 0. The number of carbonyl (C=O) groups is 1. The number of nitro benzene ring substituents is 1. The van der Waals surface area contributed by atoms with Gasteiger partial charge in [-0.3, -0.25) is 19.5 Å². The minimum atomic E-state index is -0.476. The van der Waals surface area contributed by atoms with Gasteiger partial charge in [-0.25, -0.2) is 9.37 Å². The van der Waals surface area contributed by atoms with E-state index >= 15 is 0 Å². The van der Waals surface area contributed by atoms with Gasteiger partial charge in [0.15, 0.2) is 5.16 Å². The van der Waals surface area contributed by atoms with Crippen molar-refractivity contribution in [2.24, 2.45) is 0 Å². The largest absolute Gasteiger partial charge is 0.306 e. The third-order valence-electron chi connectivity index (χ3n) is 4.64. The van der Waals surface area contributed by atoms with Gasteiger partial charge < -0.3 is 4.90 Å². The van der Waals surface area contributed by atoms with E-state index in [-0.39, 0.29) is 17.4 Å². The Kier molecular flexibility index (Phi) is 4.60. The summed E-state index contributed by atoms with van der Waals surface area (Å²) in [6, 6.07) is 10.4. The summed E-state index contributed by atoms with van der Waals surface area (Å²) in [5, 5.41) is 11.7. The van der Waals surface area contributed by atoms with E-state index in [9.17, 15) is 19.3 Å². The Morgan fingerprint density at radius 3 is 2.68 bits per heavy atom. The number of rotatable bonds is 4. The fourth-order valence-electron chi connectivity index (χ4n) is 3.30. The van der Waals surface area contributed by atoms with Crippen LogP contribution in [0.15, 0.2) is 53.8 Å². The van der Waals surface area contributed by atoms with Gasteiger partial charge >= 0.3 is 0 Å². The zero-order valence-corrected chi connectivity index (χ0v) is 15.6. The number of aromatic nitrogens is 2. The lowest BCUT2D eigenvalue weighted by Gasteiger charge is -2.18. The molecule has 0 N–H and O–H groups in total. The van der Waals surface area contributed by atoms with Gasteiger partial charge in [0.2, 0.25) is 0 Å².